The van der Waals surface area contributed by atoms with Gasteiger partial charge in [-0.15, -0.1) is 0 Å². The highest BCUT2D eigenvalue weighted by Gasteiger charge is 2.11. The molecule has 3 aromatic heterocycles. The molecule has 0 radical (unpaired) electrons. The van der Waals surface area contributed by atoms with E-state index in [1.165, 1.54) is 0 Å². The van der Waals surface area contributed by atoms with E-state index in [4.69, 9.17) is 8.94 Å². The first-order valence-corrected chi connectivity index (χ1v) is 6.15. The summed E-state index contributed by atoms with van der Waals surface area (Å²) in [5, 5.41) is 3.94. The predicted molar refractivity (Wildman–Crippen MR) is 70.8 cm³/mol. The molecule has 0 saturated heterocycles. The Morgan fingerprint density at radius 1 is 1.15 bits per heavy atom. The molecule has 0 bridgehead atoms. The van der Waals surface area contributed by atoms with E-state index in [1.54, 1.807) is 24.9 Å². The van der Waals surface area contributed by atoms with Gasteiger partial charge in [0.2, 0.25) is 11.7 Å². The molecular weight excluding hydrogens is 256 g/mol. The van der Waals surface area contributed by atoms with Crippen LogP contribution in [0.15, 0.2) is 58.1 Å². The number of furan rings is 1. The number of imidazole rings is 1. The van der Waals surface area contributed by atoms with Crippen LogP contribution in [0.2, 0.25) is 0 Å². The molecule has 0 fully saturated rings. The topological polar surface area (TPSA) is 69.9 Å². The van der Waals surface area contributed by atoms with E-state index in [9.17, 15) is 0 Å². The zero-order valence-electron chi connectivity index (χ0n) is 10.4. The first-order chi connectivity index (χ1) is 9.90. The van der Waals surface area contributed by atoms with E-state index in [-0.39, 0.29) is 0 Å². The van der Waals surface area contributed by atoms with E-state index in [0.717, 1.165) is 16.6 Å². The molecule has 0 saturated carbocycles. The molecule has 0 N–H and O–H groups in total. The standard InChI is InChI=1S/C14H10N4O2/c1-2-4-12-11(3-1)15-9-18(12)7-13-16-14(17-20-13)10-5-6-19-8-10/h1-6,8-9H,7H2. The van der Waals surface area contributed by atoms with Gasteiger partial charge in [0.1, 0.15) is 12.8 Å². The van der Waals surface area contributed by atoms with Gasteiger partial charge in [0.15, 0.2) is 0 Å². The fourth-order valence-corrected chi connectivity index (χ4v) is 2.11. The fourth-order valence-electron chi connectivity index (χ4n) is 2.11. The van der Waals surface area contributed by atoms with Gasteiger partial charge in [-0.05, 0) is 18.2 Å². The predicted octanol–water partition coefficient (Wildman–Crippen LogP) is 2.73. The van der Waals surface area contributed by atoms with Gasteiger partial charge in [0.25, 0.3) is 0 Å². The summed E-state index contributed by atoms with van der Waals surface area (Å²) in [5.74, 6) is 1.06. The Balaban J connectivity index is 1.66. The Bertz CT molecular complexity index is 845. The SMILES string of the molecule is c1ccc2c(c1)ncn2Cc1nc(-c2ccoc2)no1. The largest absolute Gasteiger partial charge is 0.472 e. The lowest BCUT2D eigenvalue weighted by Crippen LogP contribution is -1.98. The van der Waals surface area contributed by atoms with Crippen molar-refractivity contribution in [2.45, 2.75) is 6.54 Å². The van der Waals surface area contributed by atoms with Gasteiger partial charge in [-0.1, -0.05) is 17.3 Å². The summed E-state index contributed by atoms with van der Waals surface area (Å²) in [4.78, 5) is 8.68. The third-order valence-corrected chi connectivity index (χ3v) is 3.08. The Hall–Kier alpha value is -2.89. The van der Waals surface area contributed by atoms with Gasteiger partial charge < -0.3 is 13.5 Å². The molecule has 20 heavy (non-hydrogen) atoms. The zero-order chi connectivity index (χ0) is 13.4. The lowest BCUT2D eigenvalue weighted by atomic mass is 10.3. The number of rotatable bonds is 3. The number of para-hydroxylation sites is 2. The van der Waals surface area contributed by atoms with Crippen molar-refractivity contribution in [3.8, 4) is 11.4 Å². The van der Waals surface area contributed by atoms with Crippen molar-refractivity contribution in [3.05, 3.63) is 55.1 Å². The smallest absolute Gasteiger partial charge is 0.246 e. The minimum absolute atomic E-state index is 0.491. The fraction of sp³-hybridized carbons (Fsp3) is 0.0714. The lowest BCUT2D eigenvalue weighted by molar-refractivity contribution is 0.372. The monoisotopic (exact) mass is 266 g/mol. The van der Waals surface area contributed by atoms with Gasteiger partial charge in [0.05, 0.1) is 29.2 Å². The van der Waals surface area contributed by atoms with Crippen LogP contribution in [0.4, 0.5) is 0 Å². The van der Waals surface area contributed by atoms with Crippen molar-refractivity contribution in [1.29, 1.82) is 0 Å². The lowest BCUT2D eigenvalue weighted by Gasteiger charge is -1.98. The molecule has 0 atom stereocenters. The number of hydrogen-bond acceptors (Lipinski definition) is 5. The van der Waals surface area contributed by atoms with Crippen molar-refractivity contribution in [2.24, 2.45) is 0 Å². The quantitative estimate of drug-likeness (QED) is 0.570. The van der Waals surface area contributed by atoms with Crippen LogP contribution in [0, 0.1) is 0 Å². The van der Waals surface area contributed by atoms with Gasteiger partial charge in [0, 0.05) is 0 Å². The Morgan fingerprint density at radius 2 is 2.10 bits per heavy atom. The summed E-state index contributed by atoms with van der Waals surface area (Å²) >= 11 is 0. The van der Waals surface area contributed by atoms with Crippen molar-refractivity contribution in [3.63, 3.8) is 0 Å². The Labute approximate surface area is 113 Å². The minimum Gasteiger partial charge on any atom is -0.472 e. The highest BCUT2D eigenvalue weighted by molar-refractivity contribution is 5.74. The van der Waals surface area contributed by atoms with Gasteiger partial charge in [-0.3, -0.25) is 0 Å². The summed E-state index contributed by atoms with van der Waals surface area (Å²) in [5.41, 5.74) is 2.79. The van der Waals surface area contributed by atoms with Crippen LogP contribution in [0.3, 0.4) is 0 Å². The van der Waals surface area contributed by atoms with E-state index < -0.39 is 0 Å². The summed E-state index contributed by atoms with van der Waals surface area (Å²) in [6.07, 6.45) is 4.93. The van der Waals surface area contributed by atoms with Gasteiger partial charge in [-0.25, -0.2) is 4.98 Å². The summed E-state index contributed by atoms with van der Waals surface area (Å²) in [6, 6.07) is 9.71. The highest BCUT2D eigenvalue weighted by atomic mass is 16.5. The maximum atomic E-state index is 5.26. The third-order valence-electron chi connectivity index (χ3n) is 3.08. The van der Waals surface area contributed by atoms with Gasteiger partial charge in [-0.2, -0.15) is 4.98 Å². The highest BCUT2D eigenvalue weighted by Crippen LogP contribution is 2.17. The molecule has 98 valence electrons. The summed E-state index contributed by atoms with van der Waals surface area (Å²) < 4.78 is 12.2. The molecule has 0 amide bonds. The van der Waals surface area contributed by atoms with E-state index in [0.29, 0.717) is 18.3 Å². The molecule has 6 nitrogen and oxygen atoms in total. The van der Waals surface area contributed by atoms with E-state index in [2.05, 4.69) is 15.1 Å². The second kappa shape index (κ2) is 4.34. The molecule has 0 aliphatic rings. The molecule has 4 aromatic rings. The van der Waals surface area contributed by atoms with Crippen molar-refractivity contribution in [1.82, 2.24) is 19.7 Å². The summed E-state index contributed by atoms with van der Waals surface area (Å²) in [6.45, 7) is 0.491. The van der Waals surface area contributed by atoms with Crippen LogP contribution in [0.5, 0.6) is 0 Å². The van der Waals surface area contributed by atoms with Crippen LogP contribution in [-0.4, -0.2) is 19.7 Å². The Morgan fingerprint density at radius 3 is 3.00 bits per heavy atom. The molecule has 4 rings (SSSR count). The number of benzene rings is 1. The third kappa shape index (κ3) is 1.78. The molecule has 0 unspecified atom stereocenters. The van der Waals surface area contributed by atoms with Crippen LogP contribution in [0.1, 0.15) is 5.89 Å². The maximum absolute atomic E-state index is 5.26. The number of aromatic nitrogens is 4. The molecule has 0 aliphatic heterocycles. The zero-order valence-corrected chi connectivity index (χ0v) is 10.4. The minimum atomic E-state index is 0.491. The summed E-state index contributed by atoms with van der Waals surface area (Å²) in [7, 11) is 0. The van der Waals surface area contributed by atoms with Crippen LogP contribution in [0.25, 0.3) is 22.4 Å². The number of fused-ring (bicyclic) bond motifs is 1. The van der Waals surface area contributed by atoms with Crippen LogP contribution >= 0.6 is 0 Å². The number of nitrogens with zero attached hydrogens (tertiary/aromatic N) is 4. The molecule has 6 heteroatoms. The average molecular weight is 266 g/mol. The molecule has 0 spiro atoms. The first kappa shape index (κ1) is 11.0. The maximum Gasteiger partial charge on any atom is 0.246 e. The van der Waals surface area contributed by atoms with Gasteiger partial charge >= 0.3 is 0 Å². The van der Waals surface area contributed by atoms with E-state index >= 15 is 0 Å². The number of hydrogen-bond donors (Lipinski definition) is 0. The van der Waals surface area contributed by atoms with Crippen LogP contribution < -0.4 is 0 Å². The average Bonchev–Trinajstić information content (AvgIpc) is 3.19. The molecule has 3 heterocycles. The van der Waals surface area contributed by atoms with Crippen molar-refractivity contribution >= 4 is 11.0 Å². The normalized spacial score (nSPS) is 11.2. The molecule has 0 aliphatic carbocycles. The second-order valence-corrected chi connectivity index (χ2v) is 4.38. The van der Waals surface area contributed by atoms with Crippen LogP contribution in [-0.2, 0) is 6.54 Å². The molecule has 1 aromatic carbocycles. The van der Waals surface area contributed by atoms with E-state index in [1.807, 2.05) is 28.8 Å². The second-order valence-electron chi connectivity index (χ2n) is 4.38. The van der Waals surface area contributed by atoms with Crippen molar-refractivity contribution < 1.29 is 8.94 Å². The molecular formula is C14H10N4O2. The van der Waals surface area contributed by atoms with Crippen molar-refractivity contribution in [2.75, 3.05) is 0 Å². The Kier molecular flexibility index (Phi) is 2.38. The first-order valence-electron chi connectivity index (χ1n) is 6.15.